The first-order chi connectivity index (χ1) is 6.75. The van der Waals surface area contributed by atoms with Gasteiger partial charge in [0.2, 0.25) is 0 Å². The first-order valence-corrected chi connectivity index (χ1v) is 4.73. The molecule has 0 spiro atoms. The van der Waals surface area contributed by atoms with E-state index in [4.69, 9.17) is 10.8 Å². The molecule has 0 amide bonds. The number of aromatic nitrogens is 2. The Labute approximate surface area is 82.4 Å². The maximum absolute atomic E-state index is 9.09. The Hall–Kier alpha value is -1.36. The fraction of sp³-hybridized carbons (Fsp3) is 0.556. The molecule has 0 aromatic carbocycles. The maximum atomic E-state index is 9.09. The lowest BCUT2D eigenvalue weighted by Gasteiger charge is -2.31. The summed E-state index contributed by atoms with van der Waals surface area (Å²) >= 11 is 0. The third kappa shape index (κ3) is 1.93. The van der Waals surface area contributed by atoms with Crippen LogP contribution in [-0.4, -0.2) is 27.7 Å². The van der Waals surface area contributed by atoms with Crippen LogP contribution in [0.1, 0.15) is 12.8 Å². The van der Waals surface area contributed by atoms with Crippen LogP contribution in [0.2, 0.25) is 0 Å². The molecule has 4 N–H and O–H groups in total. The summed E-state index contributed by atoms with van der Waals surface area (Å²) in [6.45, 7) is 0.818. The molecular formula is C9H14N4O. The van der Waals surface area contributed by atoms with Gasteiger partial charge in [-0.15, -0.1) is 0 Å². The second-order valence-corrected chi connectivity index (χ2v) is 3.70. The third-order valence-electron chi connectivity index (χ3n) is 2.51. The van der Waals surface area contributed by atoms with Gasteiger partial charge in [0.25, 0.3) is 0 Å². The Morgan fingerprint density at radius 1 is 1.57 bits per heavy atom. The van der Waals surface area contributed by atoms with Crippen LogP contribution in [0.5, 0.6) is 0 Å². The minimum Gasteiger partial charge on any atom is -0.394 e. The van der Waals surface area contributed by atoms with Crippen molar-refractivity contribution >= 4 is 11.5 Å². The second-order valence-electron chi connectivity index (χ2n) is 3.70. The SMILES string of the molecule is Nc1cncnc1NCC1CC(O)C1. The van der Waals surface area contributed by atoms with E-state index >= 15 is 0 Å². The van der Waals surface area contributed by atoms with E-state index in [0.29, 0.717) is 17.4 Å². The standard InChI is InChI=1S/C9H14N4O/c10-8-4-11-5-13-9(8)12-3-6-1-7(14)2-6/h4-7,14H,1-3,10H2,(H,11,12,13). The largest absolute Gasteiger partial charge is 0.394 e. The zero-order chi connectivity index (χ0) is 9.97. The van der Waals surface area contributed by atoms with Gasteiger partial charge < -0.3 is 16.2 Å². The van der Waals surface area contributed by atoms with Crippen molar-refractivity contribution in [1.29, 1.82) is 0 Å². The van der Waals surface area contributed by atoms with E-state index in [-0.39, 0.29) is 6.10 Å². The van der Waals surface area contributed by atoms with Gasteiger partial charge in [-0.05, 0) is 18.8 Å². The number of hydrogen-bond acceptors (Lipinski definition) is 5. The number of nitrogen functional groups attached to an aromatic ring is 1. The number of rotatable bonds is 3. The molecule has 0 unspecified atom stereocenters. The molecule has 0 radical (unpaired) electrons. The van der Waals surface area contributed by atoms with Gasteiger partial charge >= 0.3 is 0 Å². The van der Waals surface area contributed by atoms with Gasteiger partial charge in [-0.2, -0.15) is 0 Å². The minimum absolute atomic E-state index is 0.107. The van der Waals surface area contributed by atoms with Crippen molar-refractivity contribution in [2.24, 2.45) is 5.92 Å². The predicted octanol–water partition coefficient (Wildman–Crippen LogP) is 0.242. The number of nitrogens with two attached hydrogens (primary N) is 1. The molecule has 0 bridgehead atoms. The fourth-order valence-electron chi connectivity index (χ4n) is 1.60. The quantitative estimate of drug-likeness (QED) is 0.642. The van der Waals surface area contributed by atoms with Crippen LogP contribution in [0, 0.1) is 5.92 Å². The van der Waals surface area contributed by atoms with Crippen molar-refractivity contribution in [1.82, 2.24) is 9.97 Å². The highest BCUT2D eigenvalue weighted by molar-refractivity contribution is 5.58. The molecule has 2 rings (SSSR count). The second kappa shape index (κ2) is 3.79. The minimum atomic E-state index is -0.107. The number of nitrogens with zero attached hydrogens (tertiary/aromatic N) is 2. The van der Waals surface area contributed by atoms with Gasteiger partial charge in [-0.3, -0.25) is 0 Å². The lowest BCUT2D eigenvalue weighted by molar-refractivity contribution is 0.0486. The van der Waals surface area contributed by atoms with E-state index in [1.807, 2.05) is 0 Å². The van der Waals surface area contributed by atoms with E-state index in [9.17, 15) is 0 Å². The summed E-state index contributed by atoms with van der Waals surface area (Å²) in [4.78, 5) is 7.82. The summed E-state index contributed by atoms with van der Waals surface area (Å²) in [5.41, 5.74) is 6.22. The summed E-state index contributed by atoms with van der Waals surface area (Å²) in [7, 11) is 0. The van der Waals surface area contributed by atoms with Crippen molar-refractivity contribution in [3.8, 4) is 0 Å². The van der Waals surface area contributed by atoms with Gasteiger partial charge in [0, 0.05) is 6.54 Å². The van der Waals surface area contributed by atoms with Gasteiger partial charge in [0.15, 0.2) is 5.82 Å². The molecule has 14 heavy (non-hydrogen) atoms. The fourth-order valence-corrected chi connectivity index (χ4v) is 1.60. The van der Waals surface area contributed by atoms with Crippen molar-refractivity contribution in [3.05, 3.63) is 12.5 Å². The van der Waals surface area contributed by atoms with E-state index in [2.05, 4.69) is 15.3 Å². The predicted molar refractivity (Wildman–Crippen MR) is 53.7 cm³/mol. The van der Waals surface area contributed by atoms with E-state index < -0.39 is 0 Å². The van der Waals surface area contributed by atoms with Crippen LogP contribution < -0.4 is 11.1 Å². The topological polar surface area (TPSA) is 84.1 Å². The molecule has 1 aliphatic carbocycles. The Morgan fingerprint density at radius 2 is 2.36 bits per heavy atom. The van der Waals surface area contributed by atoms with E-state index in [1.165, 1.54) is 6.33 Å². The molecular weight excluding hydrogens is 180 g/mol. The zero-order valence-corrected chi connectivity index (χ0v) is 7.85. The van der Waals surface area contributed by atoms with Gasteiger partial charge in [-0.1, -0.05) is 0 Å². The van der Waals surface area contributed by atoms with Crippen LogP contribution in [0.25, 0.3) is 0 Å². The Bertz CT molecular complexity index is 311. The molecule has 5 heteroatoms. The average molecular weight is 194 g/mol. The smallest absolute Gasteiger partial charge is 0.152 e. The van der Waals surface area contributed by atoms with Gasteiger partial charge in [-0.25, -0.2) is 9.97 Å². The number of aliphatic hydroxyl groups is 1. The molecule has 1 aliphatic rings. The van der Waals surface area contributed by atoms with E-state index in [0.717, 1.165) is 19.4 Å². The van der Waals surface area contributed by atoms with Crippen molar-refractivity contribution in [2.45, 2.75) is 18.9 Å². The van der Waals surface area contributed by atoms with Gasteiger partial charge in [0.05, 0.1) is 18.0 Å². The van der Waals surface area contributed by atoms with Crippen molar-refractivity contribution in [3.63, 3.8) is 0 Å². The van der Waals surface area contributed by atoms with Crippen LogP contribution in [0.15, 0.2) is 12.5 Å². The summed E-state index contributed by atoms with van der Waals surface area (Å²) in [5.74, 6) is 1.22. The first kappa shape index (κ1) is 9.21. The van der Waals surface area contributed by atoms with Crippen molar-refractivity contribution < 1.29 is 5.11 Å². The number of hydrogen-bond donors (Lipinski definition) is 3. The third-order valence-corrected chi connectivity index (χ3v) is 2.51. The molecule has 1 saturated carbocycles. The number of anilines is 2. The Morgan fingerprint density at radius 3 is 3.00 bits per heavy atom. The molecule has 0 saturated heterocycles. The molecule has 0 atom stereocenters. The normalized spacial score (nSPS) is 25.5. The van der Waals surface area contributed by atoms with Crippen molar-refractivity contribution in [2.75, 3.05) is 17.6 Å². The Balaban J connectivity index is 1.83. The molecule has 1 aromatic rings. The van der Waals surface area contributed by atoms with Crippen LogP contribution >= 0.6 is 0 Å². The monoisotopic (exact) mass is 194 g/mol. The van der Waals surface area contributed by atoms with E-state index in [1.54, 1.807) is 6.20 Å². The molecule has 1 fully saturated rings. The maximum Gasteiger partial charge on any atom is 0.152 e. The van der Waals surface area contributed by atoms with Crippen LogP contribution in [0.4, 0.5) is 11.5 Å². The Kier molecular flexibility index (Phi) is 2.49. The number of nitrogens with one attached hydrogen (secondary N) is 1. The van der Waals surface area contributed by atoms with Crippen LogP contribution in [-0.2, 0) is 0 Å². The van der Waals surface area contributed by atoms with Gasteiger partial charge in [0.1, 0.15) is 6.33 Å². The molecule has 76 valence electrons. The summed E-state index contributed by atoms with van der Waals surface area (Å²) in [6, 6.07) is 0. The average Bonchev–Trinajstić information content (AvgIpc) is 2.13. The molecule has 1 aromatic heterocycles. The molecule has 0 aliphatic heterocycles. The summed E-state index contributed by atoms with van der Waals surface area (Å²) in [6.07, 6.45) is 4.68. The lowest BCUT2D eigenvalue weighted by Crippen LogP contribution is -2.33. The highest BCUT2D eigenvalue weighted by atomic mass is 16.3. The molecule has 5 nitrogen and oxygen atoms in total. The number of aliphatic hydroxyl groups excluding tert-OH is 1. The highest BCUT2D eigenvalue weighted by Crippen LogP contribution is 2.27. The first-order valence-electron chi connectivity index (χ1n) is 4.73. The summed E-state index contributed by atoms with van der Waals surface area (Å²) < 4.78 is 0. The lowest BCUT2D eigenvalue weighted by atomic mass is 9.82. The zero-order valence-electron chi connectivity index (χ0n) is 7.85. The van der Waals surface area contributed by atoms with Crippen LogP contribution in [0.3, 0.4) is 0 Å². The summed E-state index contributed by atoms with van der Waals surface area (Å²) in [5, 5.41) is 12.2. The molecule has 1 heterocycles. The highest BCUT2D eigenvalue weighted by Gasteiger charge is 2.26.